The van der Waals surface area contributed by atoms with Crippen LogP contribution in [0.25, 0.3) is 0 Å². The zero-order valence-corrected chi connectivity index (χ0v) is 22.9. The maximum absolute atomic E-state index is 14.6. The fourth-order valence-electron chi connectivity index (χ4n) is 3.70. The molecule has 0 amide bonds. The molecule has 0 unspecified atom stereocenters. The molecule has 0 radical (unpaired) electrons. The van der Waals surface area contributed by atoms with Gasteiger partial charge in [0, 0.05) is 29.4 Å². The smallest absolute Gasteiger partial charge is 0.185 e. The summed E-state index contributed by atoms with van der Waals surface area (Å²) < 4.78 is 55.3. The molecule has 1 fully saturated rings. The molecule has 4 nitrogen and oxygen atoms in total. The van der Waals surface area contributed by atoms with Gasteiger partial charge in [-0.05, 0) is 68.5 Å². The van der Waals surface area contributed by atoms with E-state index in [1.807, 2.05) is 28.5 Å². The van der Waals surface area contributed by atoms with Crippen molar-refractivity contribution in [1.82, 2.24) is 4.98 Å². The van der Waals surface area contributed by atoms with Crippen LogP contribution in [0.4, 0.5) is 13.9 Å². The summed E-state index contributed by atoms with van der Waals surface area (Å²) >= 11 is 10.8. The van der Waals surface area contributed by atoms with E-state index >= 15 is 0 Å². The Kier molecular flexibility index (Phi) is 7.41. The monoisotopic (exact) mass is 668 g/mol. The lowest BCUT2D eigenvalue weighted by molar-refractivity contribution is 0.512. The highest BCUT2D eigenvalue weighted by Gasteiger charge is 2.36. The third-order valence-electron chi connectivity index (χ3n) is 5.32. The van der Waals surface area contributed by atoms with Gasteiger partial charge in [-0.1, -0.05) is 28.1 Å². The number of thiazole rings is 1. The Balaban J connectivity index is 1.46. The molecule has 2 aromatic carbocycles. The summed E-state index contributed by atoms with van der Waals surface area (Å²) in [6.07, 6.45) is 1.33. The molecule has 2 heterocycles. The third-order valence-corrected chi connectivity index (χ3v) is 10.7. The molecule has 4 rings (SSSR count). The van der Waals surface area contributed by atoms with Gasteiger partial charge in [0.1, 0.15) is 10.7 Å². The first-order chi connectivity index (χ1) is 15.2. The standard InChI is InChI=1S/C21H17Br3F2N2O2S2/c22-13-3-1-2-12(8-13)9-14-11-31-21(27-14)28-6-4-15(5-7-28)32(29,30)20-18(24)17(25)10-16(23)19(20)26/h1-3,8,10-11,15H,4-7,9H2. The summed E-state index contributed by atoms with van der Waals surface area (Å²) in [5.41, 5.74) is 2.10. The largest absolute Gasteiger partial charge is 0.348 e. The second kappa shape index (κ2) is 9.77. The molecule has 0 saturated carbocycles. The Bertz CT molecular complexity index is 1230. The Morgan fingerprint density at radius 2 is 1.84 bits per heavy atom. The first-order valence-electron chi connectivity index (χ1n) is 9.67. The molecule has 0 spiro atoms. The van der Waals surface area contributed by atoms with Crippen molar-refractivity contribution in [1.29, 1.82) is 0 Å². The van der Waals surface area contributed by atoms with Crippen LogP contribution in [0.3, 0.4) is 0 Å². The summed E-state index contributed by atoms with van der Waals surface area (Å²) in [6, 6.07) is 8.96. The van der Waals surface area contributed by atoms with Gasteiger partial charge in [0.2, 0.25) is 0 Å². The lowest BCUT2D eigenvalue weighted by atomic mass is 10.1. The Labute approximate surface area is 214 Å². The lowest BCUT2D eigenvalue weighted by Gasteiger charge is -2.31. The van der Waals surface area contributed by atoms with Gasteiger partial charge in [-0.3, -0.25) is 0 Å². The molecule has 0 atom stereocenters. The molecular weight excluding hydrogens is 654 g/mol. The number of halogens is 5. The summed E-state index contributed by atoms with van der Waals surface area (Å²) in [6.45, 7) is 0.951. The van der Waals surface area contributed by atoms with Crippen molar-refractivity contribution in [3.05, 3.63) is 72.0 Å². The van der Waals surface area contributed by atoms with E-state index < -0.39 is 31.6 Å². The SMILES string of the molecule is O=S(=O)(c1c(F)c(Br)cc(F)c1Br)C1CCN(c2nc(Cc3cccc(Br)c3)cs2)CC1. The van der Waals surface area contributed by atoms with Crippen molar-refractivity contribution >= 4 is 74.1 Å². The minimum absolute atomic E-state index is 0.213. The fourth-order valence-corrected chi connectivity index (χ4v) is 8.40. The number of sulfone groups is 1. The number of rotatable bonds is 5. The molecule has 32 heavy (non-hydrogen) atoms. The van der Waals surface area contributed by atoms with Gasteiger partial charge in [0.05, 0.1) is 19.9 Å². The van der Waals surface area contributed by atoms with Crippen molar-refractivity contribution in [3.8, 4) is 0 Å². The number of benzene rings is 2. The van der Waals surface area contributed by atoms with E-state index in [1.165, 1.54) is 11.3 Å². The molecule has 0 aliphatic carbocycles. The Hall–Kier alpha value is -0.880. The summed E-state index contributed by atoms with van der Waals surface area (Å²) in [5.74, 6) is -1.80. The molecule has 1 saturated heterocycles. The molecule has 1 aromatic heterocycles. The van der Waals surface area contributed by atoms with Crippen LogP contribution < -0.4 is 4.90 Å². The fraction of sp³-hybridized carbons (Fsp3) is 0.286. The van der Waals surface area contributed by atoms with Crippen molar-refractivity contribution in [2.24, 2.45) is 0 Å². The minimum atomic E-state index is -4.05. The van der Waals surface area contributed by atoms with Crippen LogP contribution in [-0.4, -0.2) is 31.7 Å². The lowest BCUT2D eigenvalue weighted by Crippen LogP contribution is -2.39. The van der Waals surface area contributed by atoms with Gasteiger partial charge in [0.25, 0.3) is 0 Å². The highest BCUT2D eigenvalue weighted by atomic mass is 79.9. The molecule has 3 aromatic rings. The predicted octanol–water partition coefficient (Wildman–Crippen LogP) is 6.74. The van der Waals surface area contributed by atoms with Crippen molar-refractivity contribution in [3.63, 3.8) is 0 Å². The molecule has 1 aliphatic heterocycles. The number of hydrogen-bond donors (Lipinski definition) is 0. The second-order valence-electron chi connectivity index (χ2n) is 7.46. The summed E-state index contributed by atoms with van der Waals surface area (Å²) in [4.78, 5) is 6.14. The topological polar surface area (TPSA) is 50.3 Å². The zero-order chi connectivity index (χ0) is 23.0. The predicted molar refractivity (Wildman–Crippen MR) is 133 cm³/mol. The molecule has 11 heteroatoms. The zero-order valence-electron chi connectivity index (χ0n) is 16.5. The van der Waals surface area contributed by atoms with E-state index in [-0.39, 0.29) is 8.95 Å². The molecule has 0 N–H and O–H groups in total. The van der Waals surface area contributed by atoms with Crippen molar-refractivity contribution < 1.29 is 17.2 Å². The van der Waals surface area contributed by atoms with E-state index in [9.17, 15) is 17.2 Å². The van der Waals surface area contributed by atoms with Crippen LogP contribution in [0.2, 0.25) is 0 Å². The van der Waals surface area contributed by atoms with Crippen LogP contribution in [0.1, 0.15) is 24.1 Å². The second-order valence-corrected chi connectivity index (χ2v) is 13.0. The van der Waals surface area contributed by atoms with E-state index in [2.05, 4.69) is 53.9 Å². The third kappa shape index (κ3) is 4.96. The van der Waals surface area contributed by atoms with Crippen LogP contribution in [0.15, 0.2) is 54.0 Å². The Morgan fingerprint density at radius 1 is 1.12 bits per heavy atom. The maximum Gasteiger partial charge on any atom is 0.185 e. The van der Waals surface area contributed by atoms with Crippen LogP contribution in [0.5, 0.6) is 0 Å². The summed E-state index contributed by atoms with van der Waals surface area (Å²) in [7, 11) is -4.05. The highest BCUT2D eigenvalue weighted by molar-refractivity contribution is 9.11. The number of nitrogens with zero attached hydrogens (tertiary/aromatic N) is 2. The molecule has 0 bridgehead atoms. The van der Waals surface area contributed by atoms with Gasteiger partial charge in [0.15, 0.2) is 20.8 Å². The maximum atomic E-state index is 14.6. The number of piperidine rings is 1. The normalized spacial score (nSPS) is 15.3. The van der Waals surface area contributed by atoms with E-state index in [1.54, 1.807) is 0 Å². The molecule has 170 valence electrons. The quantitative estimate of drug-likeness (QED) is 0.282. The Morgan fingerprint density at radius 3 is 2.53 bits per heavy atom. The van der Waals surface area contributed by atoms with Crippen LogP contribution in [0, 0.1) is 11.6 Å². The molecular formula is C21H17Br3F2N2O2S2. The summed E-state index contributed by atoms with van der Waals surface area (Å²) in [5, 5.41) is 2.06. The van der Waals surface area contributed by atoms with Gasteiger partial charge in [-0.15, -0.1) is 11.3 Å². The van der Waals surface area contributed by atoms with Crippen LogP contribution in [-0.2, 0) is 16.3 Å². The minimum Gasteiger partial charge on any atom is -0.348 e. The highest BCUT2D eigenvalue weighted by Crippen LogP contribution is 2.37. The number of hydrogen-bond acceptors (Lipinski definition) is 5. The van der Waals surface area contributed by atoms with Crippen molar-refractivity contribution in [2.45, 2.75) is 29.4 Å². The molecule has 1 aliphatic rings. The number of anilines is 1. The average Bonchev–Trinajstić information content (AvgIpc) is 3.21. The van der Waals surface area contributed by atoms with E-state index in [0.29, 0.717) is 32.4 Å². The first-order valence-corrected chi connectivity index (χ1v) is 14.5. The van der Waals surface area contributed by atoms with Crippen LogP contribution >= 0.6 is 59.1 Å². The van der Waals surface area contributed by atoms with Crippen molar-refractivity contribution in [2.75, 3.05) is 18.0 Å². The van der Waals surface area contributed by atoms with Gasteiger partial charge < -0.3 is 4.90 Å². The first kappa shape index (κ1) is 24.3. The number of aromatic nitrogens is 1. The van der Waals surface area contributed by atoms with Gasteiger partial charge >= 0.3 is 0 Å². The van der Waals surface area contributed by atoms with E-state index in [4.69, 9.17) is 4.98 Å². The van der Waals surface area contributed by atoms with E-state index in [0.717, 1.165) is 26.9 Å². The van der Waals surface area contributed by atoms with Gasteiger partial charge in [-0.2, -0.15) is 0 Å². The average molecular weight is 671 g/mol. The van der Waals surface area contributed by atoms with Gasteiger partial charge in [-0.25, -0.2) is 22.2 Å².